The molecule has 0 spiro atoms. The number of aromatic amines is 2. The summed E-state index contributed by atoms with van der Waals surface area (Å²) in [5, 5.41) is 14.0. The molecule has 0 radical (unpaired) electrons. The lowest BCUT2D eigenvalue weighted by Gasteiger charge is -2.10. The maximum absolute atomic E-state index is 14.8. The van der Waals surface area contributed by atoms with E-state index in [1.54, 1.807) is 24.5 Å². The Bertz CT molecular complexity index is 1780. The molecule has 7 heteroatoms. The highest BCUT2D eigenvalue weighted by atomic mass is 19.1. The third-order valence-electron chi connectivity index (χ3n) is 7.44. The van der Waals surface area contributed by atoms with Crippen molar-refractivity contribution in [1.82, 2.24) is 30.4 Å². The number of nitrogens with zero attached hydrogens (tertiary/aromatic N) is 3. The predicted molar refractivity (Wildman–Crippen MR) is 180 cm³/mol. The Balaban J connectivity index is 1.76. The van der Waals surface area contributed by atoms with Crippen molar-refractivity contribution in [1.29, 1.82) is 0 Å². The molecule has 224 valence electrons. The number of pyridine rings is 1. The number of rotatable bonds is 13. The van der Waals surface area contributed by atoms with Gasteiger partial charge in [0.1, 0.15) is 11.5 Å². The molecule has 0 saturated heterocycles. The van der Waals surface area contributed by atoms with Gasteiger partial charge in [-0.2, -0.15) is 5.10 Å². The maximum Gasteiger partial charge on any atom is 0.124 e. The van der Waals surface area contributed by atoms with Crippen LogP contribution in [-0.2, 0) is 6.42 Å². The zero-order valence-electron chi connectivity index (χ0n) is 26.0. The Morgan fingerprint density at radius 3 is 2.65 bits per heavy atom. The molecule has 4 rings (SSSR count). The molecule has 4 aromatic rings. The Morgan fingerprint density at radius 2 is 1.95 bits per heavy atom. The van der Waals surface area contributed by atoms with Crippen LogP contribution in [0.2, 0.25) is 0 Å². The van der Waals surface area contributed by atoms with Gasteiger partial charge in [0, 0.05) is 28.9 Å². The molecule has 3 aromatic heterocycles. The van der Waals surface area contributed by atoms with Crippen LogP contribution in [0.15, 0.2) is 84.8 Å². The molecule has 3 N–H and O–H groups in total. The molecular formula is C36H43FN6. The number of aryl methyl sites for hydroxylation is 1. The Hall–Kier alpha value is -4.33. The van der Waals surface area contributed by atoms with Crippen molar-refractivity contribution in [2.75, 3.05) is 33.7 Å². The molecule has 0 fully saturated rings. The summed E-state index contributed by atoms with van der Waals surface area (Å²) >= 11 is 0. The normalized spacial score (nSPS) is 13.5. The quantitative estimate of drug-likeness (QED) is 0.169. The van der Waals surface area contributed by atoms with Crippen molar-refractivity contribution in [2.24, 2.45) is 0 Å². The van der Waals surface area contributed by atoms with E-state index >= 15 is 0 Å². The average molecular weight is 579 g/mol. The van der Waals surface area contributed by atoms with Gasteiger partial charge in [0.15, 0.2) is 0 Å². The van der Waals surface area contributed by atoms with Gasteiger partial charge in [-0.1, -0.05) is 50.5 Å². The van der Waals surface area contributed by atoms with Crippen molar-refractivity contribution >= 4 is 23.1 Å². The molecule has 0 aliphatic heterocycles. The van der Waals surface area contributed by atoms with Crippen molar-refractivity contribution in [3.05, 3.63) is 107 Å². The minimum atomic E-state index is -0.241. The predicted octanol–water partition coefficient (Wildman–Crippen LogP) is 6.06. The number of hydrogen-bond donors (Lipinski definition) is 3. The zero-order valence-corrected chi connectivity index (χ0v) is 26.0. The first-order valence-corrected chi connectivity index (χ1v) is 14.8. The van der Waals surface area contributed by atoms with E-state index in [1.807, 2.05) is 40.1 Å². The van der Waals surface area contributed by atoms with Crippen LogP contribution in [0.25, 0.3) is 45.6 Å². The number of H-pyrrole nitrogens is 2. The Labute approximate surface area is 254 Å². The van der Waals surface area contributed by atoms with E-state index in [-0.39, 0.29) is 5.82 Å². The van der Waals surface area contributed by atoms with Crippen molar-refractivity contribution < 1.29 is 4.39 Å². The number of allylic oxidation sites excluding steroid dienone is 4. The average Bonchev–Trinajstić information content (AvgIpc) is 3.60. The largest absolute Gasteiger partial charge is 0.352 e. The van der Waals surface area contributed by atoms with Gasteiger partial charge in [-0.05, 0) is 106 Å². The molecule has 3 heterocycles. The first kappa shape index (κ1) is 31.6. The van der Waals surface area contributed by atoms with Crippen LogP contribution in [-0.4, -0.2) is 58.8 Å². The van der Waals surface area contributed by atoms with E-state index < -0.39 is 0 Å². The van der Waals surface area contributed by atoms with Gasteiger partial charge < -0.3 is 15.2 Å². The standard InChI is InChI=1S/C36H43FN6/c1-8-25(21-38-11-4)16-27(9-2)24(5)15-31-33(10-3)41-42-36(31)34-20-30-32(22-39-23-35(30)40-34)28-17-26(18-29(37)19-28)13-12-14-43(6)7/h8-10,15-20,22-23,38,40-41H,1,5,11-14,21H2,2-4,6-7H3/b25-16+,27-9+,31-15+,33-10+. The number of hydrogen-bond acceptors (Lipinski definition) is 4. The minimum Gasteiger partial charge on any atom is -0.352 e. The molecule has 6 nitrogen and oxygen atoms in total. The second kappa shape index (κ2) is 14.7. The molecule has 0 amide bonds. The summed E-state index contributed by atoms with van der Waals surface area (Å²) < 4.78 is 14.8. The number of likely N-dealkylation sites (N-methyl/N-ethyl adjacent to an activating group) is 1. The van der Waals surface area contributed by atoms with Crippen LogP contribution < -0.4 is 15.9 Å². The first-order valence-electron chi connectivity index (χ1n) is 14.8. The van der Waals surface area contributed by atoms with Crippen LogP contribution in [0.5, 0.6) is 0 Å². The smallest absolute Gasteiger partial charge is 0.124 e. The van der Waals surface area contributed by atoms with Crippen LogP contribution in [0.3, 0.4) is 0 Å². The monoisotopic (exact) mass is 578 g/mol. The maximum atomic E-state index is 14.8. The highest BCUT2D eigenvalue weighted by molar-refractivity contribution is 5.97. The van der Waals surface area contributed by atoms with Gasteiger partial charge in [0.2, 0.25) is 0 Å². The number of nitrogens with one attached hydrogen (secondary N) is 3. The molecule has 1 aromatic carbocycles. The van der Waals surface area contributed by atoms with Gasteiger partial charge >= 0.3 is 0 Å². The summed E-state index contributed by atoms with van der Waals surface area (Å²) in [6.45, 7) is 17.0. The summed E-state index contributed by atoms with van der Waals surface area (Å²) in [6, 6.07) is 7.36. The summed E-state index contributed by atoms with van der Waals surface area (Å²) in [4.78, 5) is 10.1. The van der Waals surface area contributed by atoms with Crippen LogP contribution >= 0.6 is 0 Å². The first-order chi connectivity index (χ1) is 20.8. The van der Waals surface area contributed by atoms with Gasteiger partial charge in [-0.3, -0.25) is 10.1 Å². The molecule has 0 unspecified atom stereocenters. The second-order valence-corrected chi connectivity index (χ2v) is 10.9. The lowest BCUT2D eigenvalue weighted by Crippen LogP contribution is -2.23. The third-order valence-corrected chi connectivity index (χ3v) is 7.44. The molecular weight excluding hydrogens is 535 g/mol. The van der Waals surface area contributed by atoms with E-state index in [1.165, 1.54) is 0 Å². The fourth-order valence-corrected chi connectivity index (χ4v) is 5.16. The SMILES string of the molecule is C=C/C(=C\C(=C/C)C(=C)/C=c1/c(-c2cc3c(-c4cc(F)cc(CCCN(C)C)c4)cncc3[nH]2)n[nH]/c1=C/C)CNCC. The van der Waals surface area contributed by atoms with E-state index in [9.17, 15) is 4.39 Å². The highest BCUT2D eigenvalue weighted by Gasteiger charge is 2.14. The molecule has 0 atom stereocenters. The number of benzene rings is 1. The molecule has 43 heavy (non-hydrogen) atoms. The molecule has 0 aliphatic rings. The number of fused-ring (bicyclic) bond motifs is 1. The molecule has 0 aliphatic carbocycles. The fraction of sp³-hybridized carbons (Fsp3) is 0.278. The van der Waals surface area contributed by atoms with Crippen LogP contribution in [0, 0.1) is 5.82 Å². The molecule has 0 saturated carbocycles. The number of halogens is 1. The topological polar surface area (TPSA) is 72.6 Å². The van der Waals surface area contributed by atoms with Crippen LogP contribution in [0.4, 0.5) is 4.39 Å². The fourth-order valence-electron chi connectivity index (χ4n) is 5.16. The van der Waals surface area contributed by atoms with Crippen LogP contribution in [0.1, 0.15) is 32.8 Å². The number of aromatic nitrogens is 4. The Kier molecular flexibility index (Phi) is 10.8. The summed E-state index contributed by atoms with van der Waals surface area (Å²) in [5.74, 6) is -0.241. The van der Waals surface area contributed by atoms with Crippen molar-refractivity contribution in [3.63, 3.8) is 0 Å². The van der Waals surface area contributed by atoms with Gasteiger partial charge in [0.25, 0.3) is 0 Å². The van der Waals surface area contributed by atoms with Gasteiger partial charge in [-0.25, -0.2) is 4.39 Å². The Morgan fingerprint density at radius 1 is 1.14 bits per heavy atom. The third kappa shape index (κ3) is 7.74. The minimum absolute atomic E-state index is 0.241. The van der Waals surface area contributed by atoms with Crippen molar-refractivity contribution in [2.45, 2.75) is 33.6 Å². The summed E-state index contributed by atoms with van der Waals surface area (Å²) in [7, 11) is 4.10. The van der Waals surface area contributed by atoms with Gasteiger partial charge in [-0.15, -0.1) is 0 Å². The zero-order chi connectivity index (χ0) is 30.9. The van der Waals surface area contributed by atoms with Crippen molar-refractivity contribution in [3.8, 4) is 22.5 Å². The van der Waals surface area contributed by atoms with E-state index in [0.29, 0.717) is 0 Å². The summed E-state index contributed by atoms with van der Waals surface area (Å²) in [6.07, 6.45) is 15.5. The second-order valence-electron chi connectivity index (χ2n) is 10.9. The lowest BCUT2D eigenvalue weighted by atomic mass is 9.99. The highest BCUT2D eigenvalue weighted by Crippen LogP contribution is 2.31. The summed E-state index contributed by atoms with van der Waals surface area (Å²) in [5.41, 5.74) is 8.11. The van der Waals surface area contributed by atoms with Gasteiger partial charge in [0.05, 0.1) is 22.8 Å². The lowest BCUT2D eigenvalue weighted by molar-refractivity contribution is 0.400. The van der Waals surface area contributed by atoms with E-state index in [4.69, 9.17) is 0 Å². The van der Waals surface area contributed by atoms with E-state index in [0.717, 1.165) is 98.7 Å². The van der Waals surface area contributed by atoms with E-state index in [2.05, 4.69) is 80.8 Å². The molecule has 0 bridgehead atoms.